The van der Waals surface area contributed by atoms with E-state index >= 15 is 0 Å². The van der Waals surface area contributed by atoms with Crippen molar-refractivity contribution in [1.82, 2.24) is 9.80 Å². The van der Waals surface area contributed by atoms with Crippen LogP contribution >= 0.6 is 0 Å². The molecule has 0 bridgehead atoms. The number of hydrogen-bond donors (Lipinski definition) is 0. The molecule has 5 nitrogen and oxygen atoms in total. The zero-order valence-corrected chi connectivity index (χ0v) is 16.7. The molecule has 5 heteroatoms. The molecule has 0 aliphatic carbocycles. The summed E-state index contributed by atoms with van der Waals surface area (Å²) in [5.41, 5.74) is 2.64. The van der Waals surface area contributed by atoms with Crippen LogP contribution in [0.1, 0.15) is 43.7 Å². The molecule has 0 saturated carbocycles. The molecule has 0 atom stereocenters. The van der Waals surface area contributed by atoms with E-state index in [0.717, 1.165) is 45.3 Å². The standard InChI is InChI=1S/C22H32N2O3/c1-3-27-22(26)20-9-13-24(14-10-20)21(25)19-7-11-23(12-8-19)16-18-6-4-5-17(2)15-18/h4-6,15,19-20H,3,7-14,16H2,1-2H3. The van der Waals surface area contributed by atoms with Crippen molar-refractivity contribution in [3.63, 3.8) is 0 Å². The maximum absolute atomic E-state index is 12.9. The molecular weight excluding hydrogens is 340 g/mol. The van der Waals surface area contributed by atoms with Crippen molar-refractivity contribution >= 4 is 11.9 Å². The zero-order valence-electron chi connectivity index (χ0n) is 16.7. The highest BCUT2D eigenvalue weighted by atomic mass is 16.5. The molecule has 0 aromatic heterocycles. The third-order valence-corrected chi connectivity index (χ3v) is 5.85. The van der Waals surface area contributed by atoms with Crippen LogP contribution in [-0.2, 0) is 20.9 Å². The van der Waals surface area contributed by atoms with Crippen LogP contribution in [0, 0.1) is 18.8 Å². The van der Waals surface area contributed by atoms with Crippen LogP contribution in [0.4, 0.5) is 0 Å². The van der Waals surface area contributed by atoms with Crippen LogP contribution in [0.5, 0.6) is 0 Å². The molecule has 2 aliphatic rings. The van der Waals surface area contributed by atoms with Crippen molar-refractivity contribution in [2.75, 3.05) is 32.8 Å². The molecule has 1 amide bonds. The van der Waals surface area contributed by atoms with E-state index in [-0.39, 0.29) is 23.7 Å². The molecule has 0 unspecified atom stereocenters. The minimum Gasteiger partial charge on any atom is -0.466 e. The first-order chi connectivity index (χ1) is 13.1. The second-order valence-electron chi connectivity index (χ2n) is 7.89. The maximum atomic E-state index is 12.9. The fourth-order valence-electron chi connectivity index (χ4n) is 4.26. The molecule has 2 heterocycles. The first-order valence-corrected chi connectivity index (χ1v) is 10.3. The number of piperidine rings is 2. The van der Waals surface area contributed by atoms with Crippen LogP contribution in [-0.4, -0.2) is 54.5 Å². The summed E-state index contributed by atoms with van der Waals surface area (Å²) in [7, 11) is 0. The Bertz CT molecular complexity index is 645. The van der Waals surface area contributed by atoms with Gasteiger partial charge in [-0.3, -0.25) is 14.5 Å². The normalized spacial score (nSPS) is 19.9. The maximum Gasteiger partial charge on any atom is 0.309 e. The van der Waals surface area contributed by atoms with E-state index in [1.54, 1.807) is 0 Å². The van der Waals surface area contributed by atoms with E-state index in [4.69, 9.17) is 4.74 Å². The molecule has 0 radical (unpaired) electrons. The van der Waals surface area contributed by atoms with E-state index in [1.165, 1.54) is 11.1 Å². The average Bonchev–Trinajstić information content (AvgIpc) is 2.68. The number of carbonyl (C=O) groups is 2. The van der Waals surface area contributed by atoms with E-state index in [1.807, 2.05) is 11.8 Å². The monoisotopic (exact) mass is 372 g/mol. The number of aryl methyl sites for hydroxylation is 1. The van der Waals surface area contributed by atoms with Gasteiger partial charge in [-0.1, -0.05) is 29.8 Å². The molecule has 2 fully saturated rings. The largest absolute Gasteiger partial charge is 0.466 e. The summed E-state index contributed by atoms with van der Waals surface area (Å²) in [6, 6.07) is 8.66. The third kappa shape index (κ3) is 5.32. The molecular formula is C22H32N2O3. The van der Waals surface area contributed by atoms with Gasteiger partial charge in [0.1, 0.15) is 0 Å². The Morgan fingerprint density at radius 2 is 1.70 bits per heavy atom. The summed E-state index contributed by atoms with van der Waals surface area (Å²) >= 11 is 0. The van der Waals surface area contributed by atoms with Gasteiger partial charge in [-0.15, -0.1) is 0 Å². The van der Waals surface area contributed by atoms with Crippen LogP contribution in [0.3, 0.4) is 0 Å². The predicted octanol–water partition coefficient (Wildman–Crippen LogP) is 3.01. The smallest absolute Gasteiger partial charge is 0.309 e. The van der Waals surface area contributed by atoms with Crippen molar-refractivity contribution in [3.05, 3.63) is 35.4 Å². The molecule has 148 valence electrons. The lowest BCUT2D eigenvalue weighted by atomic mass is 9.92. The van der Waals surface area contributed by atoms with Gasteiger partial charge in [-0.05, 0) is 58.2 Å². The topological polar surface area (TPSA) is 49.9 Å². The van der Waals surface area contributed by atoms with Crippen molar-refractivity contribution < 1.29 is 14.3 Å². The summed E-state index contributed by atoms with van der Waals surface area (Å²) in [4.78, 5) is 29.1. The predicted molar refractivity (Wildman–Crippen MR) is 105 cm³/mol. The van der Waals surface area contributed by atoms with Gasteiger partial charge in [0.25, 0.3) is 0 Å². The Hall–Kier alpha value is -1.88. The lowest BCUT2D eigenvalue weighted by molar-refractivity contribution is -0.152. The fourth-order valence-corrected chi connectivity index (χ4v) is 4.26. The highest BCUT2D eigenvalue weighted by molar-refractivity contribution is 5.79. The number of benzene rings is 1. The Balaban J connectivity index is 1.43. The lowest BCUT2D eigenvalue weighted by Crippen LogP contribution is -2.46. The summed E-state index contributed by atoms with van der Waals surface area (Å²) in [6.45, 7) is 8.68. The Kier molecular flexibility index (Phi) is 6.89. The number of rotatable bonds is 5. The number of carbonyl (C=O) groups excluding carboxylic acids is 2. The number of ether oxygens (including phenoxy) is 1. The molecule has 0 N–H and O–H groups in total. The zero-order chi connectivity index (χ0) is 19.2. The van der Waals surface area contributed by atoms with Gasteiger partial charge in [0.15, 0.2) is 0 Å². The van der Waals surface area contributed by atoms with E-state index in [2.05, 4.69) is 36.1 Å². The number of nitrogens with zero attached hydrogens (tertiary/aromatic N) is 2. The summed E-state index contributed by atoms with van der Waals surface area (Å²) in [5.74, 6) is 0.282. The summed E-state index contributed by atoms with van der Waals surface area (Å²) in [5, 5.41) is 0. The molecule has 1 aromatic carbocycles. The first kappa shape index (κ1) is 19.9. The van der Waals surface area contributed by atoms with Gasteiger partial charge in [-0.25, -0.2) is 0 Å². The quantitative estimate of drug-likeness (QED) is 0.746. The lowest BCUT2D eigenvalue weighted by Gasteiger charge is -2.37. The van der Waals surface area contributed by atoms with Crippen molar-refractivity contribution in [1.29, 1.82) is 0 Å². The molecule has 3 rings (SSSR count). The number of amides is 1. The van der Waals surface area contributed by atoms with Gasteiger partial charge in [0.05, 0.1) is 12.5 Å². The number of esters is 1. The second-order valence-corrected chi connectivity index (χ2v) is 7.89. The molecule has 27 heavy (non-hydrogen) atoms. The van der Waals surface area contributed by atoms with Gasteiger partial charge < -0.3 is 9.64 Å². The molecule has 1 aromatic rings. The summed E-state index contributed by atoms with van der Waals surface area (Å²) in [6.07, 6.45) is 3.33. The second kappa shape index (κ2) is 9.36. The minimum atomic E-state index is -0.103. The Morgan fingerprint density at radius 1 is 1.04 bits per heavy atom. The van der Waals surface area contributed by atoms with E-state index in [0.29, 0.717) is 19.7 Å². The molecule has 2 saturated heterocycles. The highest BCUT2D eigenvalue weighted by Gasteiger charge is 2.32. The Labute approximate surface area is 162 Å². The van der Waals surface area contributed by atoms with Crippen molar-refractivity contribution in [2.45, 2.75) is 46.1 Å². The van der Waals surface area contributed by atoms with Crippen LogP contribution in [0.25, 0.3) is 0 Å². The van der Waals surface area contributed by atoms with E-state index in [9.17, 15) is 9.59 Å². The van der Waals surface area contributed by atoms with Crippen molar-refractivity contribution in [2.24, 2.45) is 11.8 Å². The van der Waals surface area contributed by atoms with Crippen LogP contribution in [0.15, 0.2) is 24.3 Å². The molecule has 0 spiro atoms. The van der Waals surface area contributed by atoms with Gasteiger partial charge in [-0.2, -0.15) is 0 Å². The fraction of sp³-hybridized carbons (Fsp3) is 0.636. The number of hydrogen-bond acceptors (Lipinski definition) is 4. The first-order valence-electron chi connectivity index (χ1n) is 10.3. The summed E-state index contributed by atoms with van der Waals surface area (Å²) < 4.78 is 5.11. The third-order valence-electron chi connectivity index (χ3n) is 5.85. The van der Waals surface area contributed by atoms with E-state index < -0.39 is 0 Å². The Morgan fingerprint density at radius 3 is 2.33 bits per heavy atom. The van der Waals surface area contributed by atoms with Crippen LogP contribution in [0.2, 0.25) is 0 Å². The van der Waals surface area contributed by atoms with Gasteiger partial charge >= 0.3 is 5.97 Å². The van der Waals surface area contributed by atoms with Crippen LogP contribution < -0.4 is 0 Å². The minimum absolute atomic E-state index is 0.0369. The average molecular weight is 373 g/mol. The van der Waals surface area contributed by atoms with Crippen molar-refractivity contribution in [3.8, 4) is 0 Å². The molecule has 2 aliphatic heterocycles. The number of likely N-dealkylation sites (tertiary alicyclic amines) is 2. The highest BCUT2D eigenvalue weighted by Crippen LogP contribution is 2.25. The van der Waals surface area contributed by atoms with Gasteiger partial charge in [0, 0.05) is 25.6 Å². The van der Waals surface area contributed by atoms with Gasteiger partial charge in [0.2, 0.25) is 5.91 Å². The SMILES string of the molecule is CCOC(=O)C1CCN(C(=O)C2CCN(Cc3cccc(C)c3)CC2)CC1.